The van der Waals surface area contributed by atoms with Gasteiger partial charge in [-0.2, -0.15) is 4.98 Å². The van der Waals surface area contributed by atoms with Gasteiger partial charge in [0.2, 0.25) is 11.7 Å². The monoisotopic (exact) mass is 417 g/mol. The molecule has 0 spiro atoms. The first-order valence-electron chi connectivity index (χ1n) is 10.4. The first kappa shape index (κ1) is 19.4. The molecule has 1 atom stereocenters. The molecular formula is C23H23N5O3. The van der Waals surface area contributed by atoms with Crippen LogP contribution < -0.4 is 0 Å². The number of pyridine rings is 1. The summed E-state index contributed by atoms with van der Waals surface area (Å²) in [6.45, 7) is 1.41. The molecule has 8 heteroatoms. The molecule has 1 amide bonds. The van der Waals surface area contributed by atoms with Crippen molar-refractivity contribution in [2.75, 3.05) is 19.7 Å². The Balaban J connectivity index is 1.24. The zero-order valence-corrected chi connectivity index (χ0v) is 17.3. The van der Waals surface area contributed by atoms with Crippen molar-refractivity contribution in [3.63, 3.8) is 0 Å². The largest absolute Gasteiger partial charge is 0.365 e. The lowest BCUT2D eigenvalue weighted by Crippen LogP contribution is -2.42. The lowest BCUT2D eigenvalue weighted by atomic mass is 10.1. The Labute approximate surface area is 179 Å². The SMILES string of the molecule is Cn1cc(CCC(=O)N2CCO[C@H](c3nc(-c4cccnc4)no3)C2)c2ccccc21. The summed E-state index contributed by atoms with van der Waals surface area (Å²) in [5.74, 6) is 0.949. The van der Waals surface area contributed by atoms with E-state index in [1.54, 1.807) is 12.4 Å². The molecule has 1 fully saturated rings. The number of rotatable bonds is 5. The fraction of sp³-hybridized carbons (Fsp3) is 0.304. The molecule has 1 aromatic carbocycles. The maximum absolute atomic E-state index is 12.9. The Kier molecular flexibility index (Phi) is 5.21. The van der Waals surface area contributed by atoms with Crippen molar-refractivity contribution in [2.24, 2.45) is 7.05 Å². The Morgan fingerprint density at radius 2 is 2.13 bits per heavy atom. The van der Waals surface area contributed by atoms with Crippen molar-refractivity contribution in [1.29, 1.82) is 0 Å². The van der Waals surface area contributed by atoms with E-state index >= 15 is 0 Å². The summed E-state index contributed by atoms with van der Waals surface area (Å²) in [6.07, 6.45) is 6.21. The summed E-state index contributed by atoms with van der Waals surface area (Å²) < 4.78 is 13.3. The minimum absolute atomic E-state index is 0.105. The lowest BCUT2D eigenvalue weighted by Gasteiger charge is -2.31. The molecule has 0 N–H and O–H groups in total. The first-order valence-corrected chi connectivity index (χ1v) is 10.4. The quantitative estimate of drug-likeness (QED) is 0.496. The summed E-state index contributed by atoms with van der Waals surface area (Å²) >= 11 is 0. The molecule has 0 bridgehead atoms. The van der Waals surface area contributed by atoms with E-state index in [0.717, 1.165) is 5.56 Å². The van der Waals surface area contributed by atoms with Gasteiger partial charge in [-0.3, -0.25) is 9.78 Å². The highest BCUT2D eigenvalue weighted by Crippen LogP contribution is 2.25. The van der Waals surface area contributed by atoms with Crippen LogP contribution in [0.5, 0.6) is 0 Å². The summed E-state index contributed by atoms with van der Waals surface area (Å²) in [6, 6.07) is 11.9. The number of carbonyl (C=O) groups is 1. The number of ether oxygens (including phenoxy) is 1. The second kappa shape index (κ2) is 8.31. The summed E-state index contributed by atoms with van der Waals surface area (Å²) in [5, 5.41) is 5.23. The van der Waals surface area contributed by atoms with Gasteiger partial charge in [0.15, 0.2) is 6.10 Å². The molecule has 4 aromatic rings. The van der Waals surface area contributed by atoms with Gasteiger partial charge in [-0.15, -0.1) is 0 Å². The molecule has 0 saturated carbocycles. The van der Waals surface area contributed by atoms with Crippen LogP contribution in [0.3, 0.4) is 0 Å². The standard InChI is InChI=1S/C23H23N5O3/c1-27-14-17(18-6-2-3-7-19(18)27)8-9-21(29)28-11-12-30-20(15-28)23-25-22(26-31-23)16-5-4-10-24-13-16/h2-7,10,13-14,20H,8-9,11-12,15H2,1H3/t20-/m0/s1. The summed E-state index contributed by atoms with van der Waals surface area (Å²) in [4.78, 5) is 23.3. The maximum atomic E-state index is 12.9. The number of amides is 1. The van der Waals surface area contributed by atoms with E-state index in [4.69, 9.17) is 9.26 Å². The van der Waals surface area contributed by atoms with Crippen molar-refractivity contribution in [3.05, 3.63) is 66.4 Å². The van der Waals surface area contributed by atoms with Crippen molar-refractivity contribution < 1.29 is 14.1 Å². The van der Waals surface area contributed by atoms with E-state index < -0.39 is 6.10 Å². The number of fused-ring (bicyclic) bond motifs is 1. The van der Waals surface area contributed by atoms with E-state index in [2.05, 4.69) is 38.0 Å². The van der Waals surface area contributed by atoms with E-state index in [-0.39, 0.29) is 5.91 Å². The molecule has 0 aliphatic carbocycles. The maximum Gasteiger partial charge on any atom is 0.257 e. The predicted molar refractivity (Wildman–Crippen MR) is 114 cm³/mol. The minimum atomic E-state index is -0.423. The van der Waals surface area contributed by atoms with E-state index in [1.165, 1.54) is 16.5 Å². The van der Waals surface area contributed by atoms with Gasteiger partial charge in [-0.25, -0.2) is 0 Å². The minimum Gasteiger partial charge on any atom is -0.365 e. The van der Waals surface area contributed by atoms with E-state index in [1.807, 2.05) is 36.2 Å². The molecule has 1 aliphatic rings. The Morgan fingerprint density at radius 3 is 3.00 bits per heavy atom. The molecule has 0 unspecified atom stereocenters. The molecule has 158 valence electrons. The van der Waals surface area contributed by atoms with Crippen LogP contribution in [0.15, 0.2) is 59.5 Å². The van der Waals surface area contributed by atoms with Crippen molar-refractivity contribution >= 4 is 16.8 Å². The van der Waals surface area contributed by atoms with Crippen LogP contribution in [0.2, 0.25) is 0 Å². The second-order valence-corrected chi connectivity index (χ2v) is 7.68. The lowest BCUT2D eigenvalue weighted by molar-refractivity contribution is -0.140. The molecule has 0 radical (unpaired) electrons. The highest BCUT2D eigenvalue weighted by atomic mass is 16.5. The first-order chi connectivity index (χ1) is 15.2. The number of carbonyl (C=O) groups excluding carboxylic acids is 1. The molecule has 31 heavy (non-hydrogen) atoms. The van der Waals surface area contributed by atoms with Crippen molar-refractivity contribution in [2.45, 2.75) is 18.9 Å². The highest BCUT2D eigenvalue weighted by Gasteiger charge is 2.29. The zero-order chi connectivity index (χ0) is 21.2. The Hall–Kier alpha value is -3.52. The average molecular weight is 417 g/mol. The number of morpholine rings is 1. The van der Waals surface area contributed by atoms with Gasteiger partial charge in [-0.1, -0.05) is 23.4 Å². The topological polar surface area (TPSA) is 86.3 Å². The van der Waals surface area contributed by atoms with Gasteiger partial charge in [-0.05, 0) is 30.2 Å². The number of aromatic nitrogens is 4. The van der Waals surface area contributed by atoms with Gasteiger partial charge in [0, 0.05) is 55.1 Å². The molecular weight excluding hydrogens is 394 g/mol. The van der Waals surface area contributed by atoms with E-state index in [9.17, 15) is 4.79 Å². The summed E-state index contributed by atoms with van der Waals surface area (Å²) in [7, 11) is 2.03. The van der Waals surface area contributed by atoms with Crippen molar-refractivity contribution in [1.82, 2.24) is 24.6 Å². The summed E-state index contributed by atoms with van der Waals surface area (Å²) in [5.41, 5.74) is 3.14. The van der Waals surface area contributed by atoms with Gasteiger partial charge in [0.25, 0.3) is 5.89 Å². The van der Waals surface area contributed by atoms with Gasteiger partial charge < -0.3 is 18.7 Å². The predicted octanol–water partition coefficient (Wildman–Crippen LogP) is 3.16. The van der Waals surface area contributed by atoms with E-state index in [0.29, 0.717) is 44.3 Å². The fourth-order valence-electron chi connectivity index (χ4n) is 4.03. The van der Waals surface area contributed by atoms with Crippen LogP contribution in [0.25, 0.3) is 22.3 Å². The van der Waals surface area contributed by atoms with Crippen LogP contribution in [0.4, 0.5) is 0 Å². The number of hydrogen-bond donors (Lipinski definition) is 0. The molecule has 1 aliphatic heterocycles. The van der Waals surface area contributed by atoms with Gasteiger partial charge >= 0.3 is 0 Å². The Morgan fingerprint density at radius 1 is 1.23 bits per heavy atom. The molecule has 3 aromatic heterocycles. The molecule has 4 heterocycles. The van der Waals surface area contributed by atoms with Crippen LogP contribution in [0, 0.1) is 0 Å². The number of benzene rings is 1. The fourth-order valence-corrected chi connectivity index (χ4v) is 4.03. The molecule has 8 nitrogen and oxygen atoms in total. The average Bonchev–Trinajstić information content (AvgIpc) is 3.44. The number of nitrogens with zero attached hydrogens (tertiary/aromatic N) is 5. The number of aryl methyl sites for hydroxylation is 2. The third-order valence-corrected chi connectivity index (χ3v) is 5.64. The highest BCUT2D eigenvalue weighted by molar-refractivity contribution is 5.85. The van der Waals surface area contributed by atoms with Gasteiger partial charge in [0.05, 0.1) is 13.2 Å². The number of hydrogen-bond acceptors (Lipinski definition) is 6. The number of para-hydroxylation sites is 1. The van der Waals surface area contributed by atoms with Crippen molar-refractivity contribution in [3.8, 4) is 11.4 Å². The zero-order valence-electron chi connectivity index (χ0n) is 17.3. The van der Waals surface area contributed by atoms with Crippen LogP contribution in [-0.2, 0) is 23.0 Å². The second-order valence-electron chi connectivity index (χ2n) is 7.68. The molecule has 1 saturated heterocycles. The normalized spacial score (nSPS) is 16.7. The molecule has 5 rings (SSSR count). The van der Waals surface area contributed by atoms with Crippen LogP contribution in [-0.4, -0.2) is 50.2 Å². The Bertz CT molecular complexity index is 1200. The van der Waals surface area contributed by atoms with Crippen LogP contribution >= 0.6 is 0 Å². The van der Waals surface area contributed by atoms with Gasteiger partial charge in [0.1, 0.15) is 0 Å². The smallest absolute Gasteiger partial charge is 0.257 e. The third-order valence-electron chi connectivity index (χ3n) is 5.64. The van der Waals surface area contributed by atoms with Crippen LogP contribution in [0.1, 0.15) is 24.0 Å². The third kappa shape index (κ3) is 3.94.